The summed E-state index contributed by atoms with van der Waals surface area (Å²) >= 11 is 3.06. The number of hydrogen-bond donors (Lipinski definition) is 0. The number of thiophene rings is 1. The highest BCUT2D eigenvalue weighted by Crippen LogP contribution is 2.46. The molecule has 0 atom stereocenters. The first-order valence-corrected chi connectivity index (χ1v) is 11.7. The van der Waals surface area contributed by atoms with Gasteiger partial charge in [0.15, 0.2) is 11.6 Å². The van der Waals surface area contributed by atoms with Crippen molar-refractivity contribution in [3.8, 4) is 0 Å². The van der Waals surface area contributed by atoms with Crippen LogP contribution in [0.25, 0.3) is 0 Å². The number of benzene rings is 1. The fourth-order valence-corrected chi connectivity index (χ4v) is 6.80. The molecule has 1 fully saturated rings. The Morgan fingerprint density at radius 3 is 2.35 bits per heavy atom. The highest BCUT2D eigenvalue weighted by atomic mass is 32.2. The lowest BCUT2D eigenvalue weighted by atomic mass is 10.0. The molecule has 4 nitrogen and oxygen atoms in total. The van der Waals surface area contributed by atoms with E-state index in [1.165, 1.54) is 23.5 Å². The predicted molar refractivity (Wildman–Crippen MR) is 118 cm³/mol. The number of anilines is 1. The summed E-state index contributed by atoms with van der Waals surface area (Å²) < 4.78 is 39.0. The van der Waals surface area contributed by atoms with Crippen molar-refractivity contribution in [3.63, 3.8) is 0 Å². The smallest absolute Gasteiger partial charge is 0.369 e. The van der Waals surface area contributed by atoms with Gasteiger partial charge in [-0.05, 0) is 44.2 Å². The maximum Gasteiger partial charge on any atom is 0.416 e. The van der Waals surface area contributed by atoms with Gasteiger partial charge in [-0.2, -0.15) is 13.2 Å². The van der Waals surface area contributed by atoms with Crippen LogP contribution in [0.15, 0.2) is 34.5 Å². The standard InChI is InChI=1S/C22H23F3N2O2S2/c1-21(2)12-17(28)16-11-19(30-20(16)31-21)18(29)13-26-7-9-27(10-8-26)15-5-3-14(4-6-15)22(23,24)25/h3-6,11H,7-10,12-13H2,1-2H3. The number of nitrogens with zero attached hydrogens (tertiary/aromatic N) is 2. The molecule has 0 spiro atoms. The van der Waals surface area contributed by atoms with Crippen LogP contribution in [-0.2, 0) is 6.18 Å². The molecule has 1 aromatic carbocycles. The summed E-state index contributed by atoms with van der Waals surface area (Å²) in [5.74, 6) is 0.104. The minimum atomic E-state index is -4.34. The first-order valence-electron chi connectivity index (χ1n) is 10.1. The summed E-state index contributed by atoms with van der Waals surface area (Å²) in [6.07, 6.45) is -3.86. The van der Waals surface area contributed by atoms with Crippen LogP contribution in [0.4, 0.5) is 18.9 Å². The molecule has 1 saturated heterocycles. The maximum absolute atomic E-state index is 12.8. The molecule has 0 N–H and O–H groups in total. The molecule has 31 heavy (non-hydrogen) atoms. The average molecular weight is 469 g/mol. The number of ketones is 2. The fourth-order valence-electron chi connectivity index (χ4n) is 3.86. The highest BCUT2D eigenvalue weighted by molar-refractivity contribution is 8.02. The number of halogens is 3. The van der Waals surface area contributed by atoms with Crippen molar-refractivity contribution >= 4 is 40.4 Å². The number of Topliss-reactive ketones (excluding diaryl/α,β-unsaturated/α-hetero) is 2. The van der Waals surface area contributed by atoms with Crippen LogP contribution >= 0.6 is 23.1 Å². The number of carbonyl (C=O) groups is 2. The van der Waals surface area contributed by atoms with Crippen molar-refractivity contribution < 1.29 is 22.8 Å². The van der Waals surface area contributed by atoms with E-state index in [0.29, 0.717) is 43.0 Å². The van der Waals surface area contributed by atoms with Crippen molar-refractivity contribution in [1.82, 2.24) is 4.90 Å². The molecule has 3 heterocycles. The van der Waals surface area contributed by atoms with E-state index < -0.39 is 11.7 Å². The van der Waals surface area contributed by atoms with Gasteiger partial charge in [0.25, 0.3) is 0 Å². The van der Waals surface area contributed by atoms with E-state index >= 15 is 0 Å². The zero-order valence-corrected chi connectivity index (χ0v) is 18.9. The lowest BCUT2D eigenvalue weighted by Gasteiger charge is -2.35. The average Bonchev–Trinajstić information content (AvgIpc) is 3.11. The Balaban J connectivity index is 1.34. The first-order chi connectivity index (χ1) is 14.5. The molecule has 0 unspecified atom stereocenters. The molecule has 0 bridgehead atoms. The van der Waals surface area contributed by atoms with Crippen LogP contribution in [0.3, 0.4) is 0 Å². The van der Waals surface area contributed by atoms with Crippen molar-refractivity contribution in [2.75, 3.05) is 37.6 Å². The molecular formula is C22H23F3N2O2S2. The van der Waals surface area contributed by atoms with Crippen LogP contribution in [0.2, 0.25) is 0 Å². The second-order valence-corrected chi connectivity index (χ2v) is 11.5. The second kappa shape index (κ2) is 8.26. The molecule has 2 aliphatic rings. The molecule has 0 radical (unpaired) electrons. The third kappa shape index (κ3) is 4.99. The number of fused-ring (bicyclic) bond motifs is 1. The monoisotopic (exact) mass is 468 g/mol. The fraction of sp³-hybridized carbons (Fsp3) is 0.455. The van der Waals surface area contributed by atoms with Crippen LogP contribution in [0.1, 0.15) is 45.9 Å². The molecule has 1 aromatic heterocycles. The predicted octanol–water partition coefficient (Wildman–Crippen LogP) is 5.23. The Labute approximate surface area is 187 Å². The molecule has 4 rings (SSSR count). The van der Waals surface area contributed by atoms with Crippen molar-refractivity contribution in [1.29, 1.82) is 0 Å². The van der Waals surface area contributed by atoms with Gasteiger partial charge in [-0.25, -0.2) is 0 Å². The van der Waals surface area contributed by atoms with Crippen molar-refractivity contribution in [3.05, 3.63) is 46.3 Å². The van der Waals surface area contributed by atoms with Gasteiger partial charge in [0.2, 0.25) is 0 Å². The Morgan fingerprint density at radius 2 is 1.74 bits per heavy atom. The topological polar surface area (TPSA) is 40.6 Å². The number of thioether (sulfide) groups is 1. The minimum Gasteiger partial charge on any atom is -0.369 e. The van der Waals surface area contributed by atoms with E-state index in [1.807, 2.05) is 18.7 Å². The minimum absolute atomic E-state index is 0.00795. The third-order valence-corrected chi connectivity index (χ3v) is 8.10. The Morgan fingerprint density at radius 1 is 1.10 bits per heavy atom. The van der Waals surface area contributed by atoms with Gasteiger partial charge >= 0.3 is 6.18 Å². The van der Waals surface area contributed by atoms with Crippen molar-refractivity contribution in [2.45, 2.75) is 35.4 Å². The Hall–Kier alpha value is -1.84. The zero-order valence-electron chi connectivity index (χ0n) is 17.3. The Bertz CT molecular complexity index is 991. The molecular weight excluding hydrogens is 445 g/mol. The molecule has 2 aliphatic heterocycles. The summed E-state index contributed by atoms with van der Waals surface area (Å²) in [4.78, 5) is 29.9. The van der Waals surface area contributed by atoms with Gasteiger partial charge < -0.3 is 4.90 Å². The number of carbonyl (C=O) groups excluding carboxylic acids is 2. The van der Waals surface area contributed by atoms with E-state index in [0.717, 1.165) is 22.0 Å². The van der Waals surface area contributed by atoms with E-state index in [4.69, 9.17) is 0 Å². The lowest BCUT2D eigenvalue weighted by molar-refractivity contribution is -0.137. The van der Waals surface area contributed by atoms with Gasteiger partial charge in [0.1, 0.15) is 0 Å². The van der Waals surface area contributed by atoms with Crippen LogP contribution in [-0.4, -0.2) is 53.9 Å². The first kappa shape index (κ1) is 22.4. The molecule has 166 valence electrons. The molecule has 2 aromatic rings. The van der Waals surface area contributed by atoms with Crippen LogP contribution in [0, 0.1) is 0 Å². The molecule has 0 aliphatic carbocycles. The summed E-state index contributed by atoms with van der Waals surface area (Å²) in [6, 6.07) is 6.94. The zero-order chi connectivity index (χ0) is 22.4. The van der Waals surface area contributed by atoms with Gasteiger partial charge in [0.05, 0.1) is 21.2 Å². The number of piperazine rings is 1. The van der Waals surface area contributed by atoms with Gasteiger partial charge in [-0.15, -0.1) is 23.1 Å². The van der Waals surface area contributed by atoms with E-state index in [1.54, 1.807) is 17.8 Å². The largest absolute Gasteiger partial charge is 0.416 e. The van der Waals surface area contributed by atoms with E-state index in [2.05, 4.69) is 4.90 Å². The van der Waals surface area contributed by atoms with Gasteiger partial charge in [0, 0.05) is 48.6 Å². The lowest BCUT2D eigenvalue weighted by Crippen LogP contribution is -2.47. The quantitative estimate of drug-likeness (QED) is 0.575. The summed E-state index contributed by atoms with van der Waals surface area (Å²) in [5.41, 5.74) is 0.770. The van der Waals surface area contributed by atoms with E-state index in [9.17, 15) is 22.8 Å². The molecule has 0 saturated carbocycles. The van der Waals surface area contributed by atoms with Gasteiger partial charge in [-0.3, -0.25) is 14.5 Å². The molecule has 9 heteroatoms. The number of hydrogen-bond acceptors (Lipinski definition) is 6. The van der Waals surface area contributed by atoms with Crippen molar-refractivity contribution in [2.24, 2.45) is 0 Å². The summed E-state index contributed by atoms with van der Waals surface area (Å²) in [5, 5.41) is 0. The van der Waals surface area contributed by atoms with Crippen LogP contribution in [0.5, 0.6) is 0 Å². The normalized spacial score (nSPS) is 19.4. The highest BCUT2D eigenvalue weighted by Gasteiger charge is 2.34. The number of alkyl halides is 3. The summed E-state index contributed by atoms with van der Waals surface area (Å²) in [7, 11) is 0. The van der Waals surface area contributed by atoms with Crippen LogP contribution < -0.4 is 4.90 Å². The third-order valence-electron chi connectivity index (χ3n) is 5.53. The van der Waals surface area contributed by atoms with Gasteiger partial charge in [-0.1, -0.05) is 0 Å². The molecule has 0 amide bonds. The van der Waals surface area contributed by atoms with E-state index in [-0.39, 0.29) is 22.9 Å². The maximum atomic E-state index is 12.8. The Kier molecular flexibility index (Phi) is 5.95. The summed E-state index contributed by atoms with van der Waals surface area (Å²) in [6.45, 7) is 6.94. The second-order valence-electron chi connectivity index (χ2n) is 8.50. The SMILES string of the molecule is CC1(C)CC(=O)c2cc(C(=O)CN3CCN(c4ccc(C(F)(F)F)cc4)CC3)sc2S1. The number of rotatable bonds is 4.